The Balaban J connectivity index is 2.29. The third-order valence-corrected chi connectivity index (χ3v) is 3.40. The lowest BCUT2D eigenvalue weighted by Gasteiger charge is -2.17. The minimum atomic E-state index is 0.470. The van der Waals surface area contributed by atoms with Crippen molar-refractivity contribution in [3.05, 3.63) is 59.7 Å². The predicted octanol–water partition coefficient (Wildman–Crippen LogP) is 3.87. The fourth-order valence-electron chi connectivity index (χ4n) is 2.24. The Morgan fingerprint density at radius 3 is 2.59 bits per heavy atom. The van der Waals surface area contributed by atoms with Gasteiger partial charge in [0.05, 0.1) is 11.4 Å². The Hall–Kier alpha value is -2.33. The molecule has 0 heterocycles. The third-order valence-electron chi connectivity index (χ3n) is 3.40. The quantitative estimate of drug-likeness (QED) is 0.499. The molecule has 0 aliphatic rings. The minimum Gasteiger partial charge on any atom is -0.365 e. The lowest BCUT2D eigenvalue weighted by atomic mass is 10.1. The van der Waals surface area contributed by atoms with Crippen LogP contribution in [-0.4, -0.2) is 26.6 Å². The number of nitrogens with one attached hydrogen (secondary N) is 1. The summed E-state index contributed by atoms with van der Waals surface area (Å²) in [6.07, 6.45) is 0. The largest absolute Gasteiger partial charge is 0.365 e. The number of nitrogens with zero attached hydrogens (tertiary/aromatic N) is 2. The topological polar surface area (TPSA) is 36.9 Å². The van der Waals surface area contributed by atoms with Gasteiger partial charge in [-0.1, -0.05) is 29.8 Å². The molecule has 0 unspecified atom stereocenters. The van der Waals surface area contributed by atoms with Gasteiger partial charge >= 0.3 is 0 Å². The Morgan fingerprint density at radius 1 is 1.18 bits per heavy atom. The zero-order valence-electron chi connectivity index (χ0n) is 13.6. The van der Waals surface area contributed by atoms with Crippen molar-refractivity contribution in [2.45, 2.75) is 13.8 Å². The molecule has 2 rings (SSSR count). The van der Waals surface area contributed by atoms with Crippen LogP contribution < -0.4 is 10.3 Å². The zero-order valence-corrected chi connectivity index (χ0v) is 13.6. The highest BCUT2D eigenvalue weighted by molar-refractivity contribution is 6.04. The van der Waals surface area contributed by atoms with Gasteiger partial charge in [0.15, 0.2) is 0 Å². The van der Waals surface area contributed by atoms with Gasteiger partial charge in [0, 0.05) is 25.4 Å². The molecule has 0 aliphatic heterocycles. The highest BCUT2D eigenvalue weighted by atomic mass is 16.5. The van der Waals surface area contributed by atoms with Gasteiger partial charge in [-0.2, -0.15) is 5.10 Å². The SMILES string of the molecule is COCNc1ccc(C)cc1/C(C)=N/N(C)c1ccccc1. The summed E-state index contributed by atoms with van der Waals surface area (Å²) in [6, 6.07) is 16.4. The molecule has 0 radical (unpaired) electrons. The van der Waals surface area contributed by atoms with E-state index in [9.17, 15) is 0 Å². The van der Waals surface area contributed by atoms with Crippen LogP contribution in [0.3, 0.4) is 0 Å². The maximum atomic E-state index is 5.10. The standard InChI is InChI=1S/C18H23N3O/c1-14-10-11-18(19-13-22-4)17(12-14)15(2)20-21(3)16-8-6-5-7-9-16/h5-12,19H,13H2,1-4H3/b20-15+. The first-order chi connectivity index (χ1) is 10.6. The number of methoxy groups -OCH3 is 1. The van der Waals surface area contributed by atoms with Crippen molar-refractivity contribution in [3.8, 4) is 0 Å². The smallest absolute Gasteiger partial charge is 0.116 e. The number of hydrogen-bond donors (Lipinski definition) is 1. The van der Waals surface area contributed by atoms with E-state index >= 15 is 0 Å². The number of para-hydroxylation sites is 1. The van der Waals surface area contributed by atoms with Gasteiger partial charge in [-0.3, -0.25) is 5.01 Å². The lowest BCUT2D eigenvalue weighted by molar-refractivity contribution is 0.221. The summed E-state index contributed by atoms with van der Waals surface area (Å²) >= 11 is 0. The van der Waals surface area contributed by atoms with Crippen molar-refractivity contribution in [1.82, 2.24) is 0 Å². The Morgan fingerprint density at radius 2 is 1.91 bits per heavy atom. The second-order valence-electron chi connectivity index (χ2n) is 5.20. The minimum absolute atomic E-state index is 0.470. The van der Waals surface area contributed by atoms with Crippen molar-refractivity contribution in [1.29, 1.82) is 0 Å². The molecule has 2 aromatic rings. The second kappa shape index (κ2) is 7.61. The molecule has 22 heavy (non-hydrogen) atoms. The van der Waals surface area contributed by atoms with Crippen LogP contribution in [-0.2, 0) is 4.74 Å². The van der Waals surface area contributed by atoms with Gasteiger partial charge < -0.3 is 10.1 Å². The van der Waals surface area contributed by atoms with Crippen LogP contribution in [0.15, 0.2) is 53.6 Å². The number of hydrogen-bond acceptors (Lipinski definition) is 4. The summed E-state index contributed by atoms with van der Waals surface area (Å²) in [6.45, 7) is 4.57. The van der Waals surface area contributed by atoms with Crippen molar-refractivity contribution in [2.24, 2.45) is 5.10 Å². The monoisotopic (exact) mass is 297 g/mol. The van der Waals surface area contributed by atoms with Gasteiger partial charge in [0.2, 0.25) is 0 Å². The summed E-state index contributed by atoms with van der Waals surface area (Å²) in [5.74, 6) is 0. The van der Waals surface area contributed by atoms with Gasteiger partial charge in [-0.25, -0.2) is 0 Å². The number of ether oxygens (including phenoxy) is 1. The fraction of sp³-hybridized carbons (Fsp3) is 0.278. The molecular formula is C18H23N3O. The molecule has 0 aliphatic carbocycles. The molecule has 0 saturated carbocycles. The summed E-state index contributed by atoms with van der Waals surface area (Å²) in [5, 5.41) is 9.85. The summed E-state index contributed by atoms with van der Waals surface area (Å²) in [5.41, 5.74) is 5.32. The molecule has 0 spiro atoms. The molecule has 4 nitrogen and oxygen atoms in total. The van der Waals surface area contributed by atoms with E-state index in [0.717, 1.165) is 22.6 Å². The normalized spacial score (nSPS) is 11.4. The van der Waals surface area contributed by atoms with Crippen molar-refractivity contribution in [3.63, 3.8) is 0 Å². The van der Waals surface area contributed by atoms with Crippen LogP contribution in [0.25, 0.3) is 0 Å². The van der Waals surface area contributed by atoms with Gasteiger partial charge in [0.25, 0.3) is 0 Å². The van der Waals surface area contributed by atoms with Crippen LogP contribution in [0, 0.1) is 6.92 Å². The van der Waals surface area contributed by atoms with E-state index in [2.05, 4.69) is 30.4 Å². The fourth-order valence-corrected chi connectivity index (χ4v) is 2.24. The van der Waals surface area contributed by atoms with E-state index in [0.29, 0.717) is 6.73 Å². The van der Waals surface area contributed by atoms with Crippen LogP contribution in [0.4, 0.5) is 11.4 Å². The van der Waals surface area contributed by atoms with Gasteiger partial charge in [0.1, 0.15) is 6.73 Å². The highest BCUT2D eigenvalue weighted by Crippen LogP contribution is 2.20. The summed E-state index contributed by atoms with van der Waals surface area (Å²) in [4.78, 5) is 0. The number of aryl methyl sites for hydroxylation is 1. The van der Waals surface area contributed by atoms with E-state index in [-0.39, 0.29) is 0 Å². The molecule has 0 amide bonds. The molecule has 116 valence electrons. The number of hydrazone groups is 1. The Kier molecular flexibility index (Phi) is 5.55. The van der Waals surface area contributed by atoms with E-state index in [1.165, 1.54) is 5.56 Å². The van der Waals surface area contributed by atoms with Crippen LogP contribution in [0.2, 0.25) is 0 Å². The van der Waals surface area contributed by atoms with Gasteiger partial charge in [-0.15, -0.1) is 0 Å². The summed E-state index contributed by atoms with van der Waals surface area (Å²) in [7, 11) is 3.63. The average molecular weight is 297 g/mol. The molecule has 1 N–H and O–H groups in total. The average Bonchev–Trinajstić information content (AvgIpc) is 2.54. The second-order valence-corrected chi connectivity index (χ2v) is 5.20. The first-order valence-electron chi connectivity index (χ1n) is 7.29. The maximum Gasteiger partial charge on any atom is 0.116 e. The van der Waals surface area contributed by atoms with E-state index in [1.54, 1.807) is 7.11 Å². The molecule has 0 atom stereocenters. The predicted molar refractivity (Wildman–Crippen MR) is 93.7 cm³/mol. The Bertz CT molecular complexity index is 638. The van der Waals surface area contributed by atoms with Gasteiger partial charge in [-0.05, 0) is 38.1 Å². The van der Waals surface area contributed by atoms with Crippen LogP contribution >= 0.6 is 0 Å². The van der Waals surface area contributed by atoms with E-state index in [1.807, 2.05) is 49.3 Å². The number of anilines is 2. The number of rotatable bonds is 6. The zero-order chi connectivity index (χ0) is 15.9. The molecule has 0 aromatic heterocycles. The van der Waals surface area contributed by atoms with Crippen molar-refractivity contribution in [2.75, 3.05) is 31.2 Å². The first-order valence-corrected chi connectivity index (χ1v) is 7.29. The van der Waals surface area contributed by atoms with Crippen LogP contribution in [0.1, 0.15) is 18.1 Å². The molecule has 0 bridgehead atoms. The Labute approximate surface area is 132 Å². The lowest BCUT2D eigenvalue weighted by Crippen LogP contribution is -2.14. The van der Waals surface area contributed by atoms with E-state index in [4.69, 9.17) is 9.84 Å². The molecular weight excluding hydrogens is 274 g/mol. The molecule has 4 heteroatoms. The maximum absolute atomic E-state index is 5.10. The van der Waals surface area contributed by atoms with Crippen molar-refractivity contribution < 1.29 is 4.74 Å². The summed E-state index contributed by atoms with van der Waals surface area (Å²) < 4.78 is 5.10. The van der Waals surface area contributed by atoms with E-state index < -0.39 is 0 Å². The third kappa shape index (κ3) is 4.09. The van der Waals surface area contributed by atoms with Crippen molar-refractivity contribution >= 4 is 17.1 Å². The molecule has 0 fully saturated rings. The highest BCUT2D eigenvalue weighted by Gasteiger charge is 2.07. The number of benzene rings is 2. The molecule has 2 aromatic carbocycles. The molecule has 0 saturated heterocycles. The van der Waals surface area contributed by atoms with Crippen LogP contribution in [0.5, 0.6) is 0 Å². The first kappa shape index (κ1) is 16.0.